The van der Waals surface area contributed by atoms with Crippen LogP contribution < -0.4 is 10.1 Å². The van der Waals surface area contributed by atoms with Gasteiger partial charge in [-0.1, -0.05) is 11.6 Å². The Morgan fingerprint density at radius 3 is 2.70 bits per heavy atom. The number of ether oxygens (including phenoxy) is 1. The molecule has 2 rings (SSSR count). The predicted octanol–water partition coefficient (Wildman–Crippen LogP) is 3.65. The number of anilines is 1. The summed E-state index contributed by atoms with van der Waals surface area (Å²) in [6, 6.07) is 10.8. The van der Waals surface area contributed by atoms with Gasteiger partial charge in [0.15, 0.2) is 0 Å². The number of carbonyl (C=O) groups is 1. The van der Waals surface area contributed by atoms with Crippen molar-refractivity contribution in [1.82, 2.24) is 9.88 Å². The van der Waals surface area contributed by atoms with E-state index in [0.717, 1.165) is 12.0 Å². The number of methoxy groups -OCH3 is 1. The molecule has 0 radical (unpaired) electrons. The molecule has 1 N–H and O–H groups in total. The van der Waals surface area contributed by atoms with Crippen LogP contribution in [0.5, 0.6) is 5.75 Å². The largest absolute Gasteiger partial charge is 0.495 e. The molecule has 0 aliphatic heterocycles. The molecule has 0 saturated heterocycles. The molecule has 1 amide bonds. The maximum Gasteiger partial charge on any atom is 0.267 e. The van der Waals surface area contributed by atoms with Gasteiger partial charge in [0.05, 0.1) is 12.1 Å². The Balaban J connectivity index is 2.05. The van der Waals surface area contributed by atoms with Crippen LogP contribution in [0.3, 0.4) is 0 Å². The Morgan fingerprint density at radius 1 is 1.37 bits per heavy atom. The number of benzene rings is 1. The highest BCUT2D eigenvalue weighted by Gasteiger charge is 2.12. The number of likely N-dealkylation sites (N-methyl/N-ethyl adjacent to an activating group) is 1. The number of nitriles is 1. The lowest BCUT2D eigenvalue weighted by Gasteiger charge is -2.18. The van der Waals surface area contributed by atoms with E-state index in [9.17, 15) is 10.1 Å². The molecule has 27 heavy (non-hydrogen) atoms. The second kappa shape index (κ2) is 10.2. The smallest absolute Gasteiger partial charge is 0.267 e. The minimum Gasteiger partial charge on any atom is -0.495 e. The van der Waals surface area contributed by atoms with E-state index in [1.807, 2.05) is 30.0 Å². The van der Waals surface area contributed by atoms with Crippen molar-refractivity contribution in [2.24, 2.45) is 0 Å². The summed E-state index contributed by atoms with van der Waals surface area (Å²) < 4.78 is 5.09. The number of aromatic nitrogens is 1. The van der Waals surface area contributed by atoms with E-state index < -0.39 is 5.91 Å². The number of halogens is 1. The number of carbonyl (C=O) groups excluding carboxylic acids is 1. The van der Waals surface area contributed by atoms with Crippen LogP contribution in [0.2, 0.25) is 5.02 Å². The Kier molecular flexibility index (Phi) is 7.65. The topological polar surface area (TPSA) is 78.2 Å². The van der Waals surface area contributed by atoms with Crippen molar-refractivity contribution < 1.29 is 9.53 Å². The summed E-state index contributed by atoms with van der Waals surface area (Å²) in [5.41, 5.74) is 1.66. The Morgan fingerprint density at radius 2 is 2.11 bits per heavy atom. The summed E-state index contributed by atoms with van der Waals surface area (Å²) in [5.74, 6) is 0.0279. The van der Waals surface area contributed by atoms with Crippen molar-refractivity contribution in [3.8, 4) is 11.8 Å². The van der Waals surface area contributed by atoms with Gasteiger partial charge in [0.25, 0.3) is 5.91 Å². The first-order valence-electron chi connectivity index (χ1n) is 8.47. The Bertz CT molecular complexity index is 847. The minimum absolute atomic E-state index is 0.0264. The average Bonchev–Trinajstić information content (AvgIpc) is 2.69. The molecule has 6 nitrogen and oxygen atoms in total. The van der Waals surface area contributed by atoms with Gasteiger partial charge in [-0.05, 0) is 49.2 Å². The number of rotatable bonds is 8. The molecule has 1 aromatic heterocycles. The molecule has 0 aliphatic carbocycles. The molecule has 0 fully saturated rings. The molecule has 0 spiro atoms. The molecule has 7 heteroatoms. The van der Waals surface area contributed by atoms with E-state index in [1.54, 1.807) is 36.8 Å². The molecular weight excluding hydrogens is 364 g/mol. The van der Waals surface area contributed by atoms with Gasteiger partial charge in [0, 0.05) is 37.4 Å². The van der Waals surface area contributed by atoms with Gasteiger partial charge < -0.3 is 15.0 Å². The van der Waals surface area contributed by atoms with Crippen molar-refractivity contribution in [2.45, 2.75) is 13.3 Å². The number of amides is 1. The molecule has 0 aliphatic rings. The predicted molar refractivity (Wildman–Crippen MR) is 106 cm³/mol. The number of hydrogen-bond acceptors (Lipinski definition) is 5. The van der Waals surface area contributed by atoms with E-state index in [1.165, 1.54) is 7.11 Å². The summed E-state index contributed by atoms with van der Waals surface area (Å²) in [5, 5.41) is 12.4. The minimum atomic E-state index is -0.485. The van der Waals surface area contributed by atoms with Gasteiger partial charge in [-0.15, -0.1) is 0 Å². The van der Waals surface area contributed by atoms with Crippen molar-refractivity contribution in [3.63, 3.8) is 0 Å². The molecule has 2 aromatic rings. The highest BCUT2D eigenvalue weighted by molar-refractivity contribution is 6.32. The van der Waals surface area contributed by atoms with Crippen LogP contribution in [-0.2, 0) is 11.2 Å². The van der Waals surface area contributed by atoms with E-state index in [4.69, 9.17) is 16.3 Å². The van der Waals surface area contributed by atoms with Crippen molar-refractivity contribution in [2.75, 3.05) is 25.5 Å². The zero-order chi connectivity index (χ0) is 19.6. The lowest BCUT2D eigenvalue weighted by atomic mass is 10.2. The van der Waals surface area contributed by atoms with Gasteiger partial charge in [-0.25, -0.2) is 0 Å². The fraction of sp³-hybridized carbons (Fsp3) is 0.250. The van der Waals surface area contributed by atoms with E-state index in [0.29, 0.717) is 29.5 Å². The number of nitrogens with zero attached hydrogens (tertiary/aromatic N) is 3. The highest BCUT2D eigenvalue weighted by atomic mass is 35.5. The summed E-state index contributed by atoms with van der Waals surface area (Å²) in [6.07, 6.45) is 5.87. The van der Waals surface area contributed by atoms with Crippen LogP contribution in [0.1, 0.15) is 12.5 Å². The molecule has 140 valence electrons. The maximum atomic E-state index is 12.4. The molecule has 0 unspecified atom stereocenters. The third-order valence-corrected chi connectivity index (χ3v) is 4.23. The third-order valence-electron chi connectivity index (χ3n) is 3.93. The molecule has 0 bridgehead atoms. The van der Waals surface area contributed by atoms with Gasteiger partial charge >= 0.3 is 0 Å². The number of nitrogens with one attached hydrogen (secondary N) is 1. The second-order valence-corrected chi connectivity index (χ2v) is 6.10. The number of pyridine rings is 1. The van der Waals surface area contributed by atoms with E-state index in [-0.39, 0.29) is 5.57 Å². The monoisotopic (exact) mass is 384 g/mol. The standard InChI is InChI=1S/C20H21ClN4O2/c1-3-25(11-8-15-6-9-23-10-7-15)14-16(13-22)20(26)24-17-4-5-19(27-2)18(21)12-17/h4-7,9-10,12,14H,3,8,11H2,1-2H3,(H,24,26)/b16-14-. The van der Waals surface area contributed by atoms with Crippen LogP contribution in [0.15, 0.2) is 54.5 Å². The number of hydrogen-bond donors (Lipinski definition) is 1. The van der Waals surface area contributed by atoms with Gasteiger partial charge in [-0.2, -0.15) is 5.26 Å². The highest BCUT2D eigenvalue weighted by Crippen LogP contribution is 2.27. The molecule has 0 atom stereocenters. The molecule has 1 heterocycles. The first kappa shape index (κ1) is 20.3. The second-order valence-electron chi connectivity index (χ2n) is 5.69. The quantitative estimate of drug-likeness (QED) is 0.555. The Hall–Kier alpha value is -3.04. The normalized spacial score (nSPS) is 10.8. The zero-order valence-corrected chi connectivity index (χ0v) is 16.0. The van der Waals surface area contributed by atoms with Gasteiger partial charge in [-0.3, -0.25) is 9.78 Å². The first-order chi connectivity index (χ1) is 13.1. The lowest BCUT2D eigenvalue weighted by molar-refractivity contribution is -0.112. The van der Waals surface area contributed by atoms with Gasteiger partial charge in [0.1, 0.15) is 17.4 Å². The van der Waals surface area contributed by atoms with Crippen LogP contribution >= 0.6 is 11.6 Å². The third kappa shape index (κ3) is 6.01. The van der Waals surface area contributed by atoms with Gasteiger partial charge in [0.2, 0.25) is 0 Å². The zero-order valence-electron chi connectivity index (χ0n) is 15.3. The summed E-state index contributed by atoms with van der Waals surface area (Å²) in [7, 11) is 1.52. The van der Waals surface area contributed by atoms with E-state index in [2.05, 4.69) is 10.3 Å². The Labute approximate surface area is 164 Å². The summed E-state index contributed by atoms with van der Waals surface area (Å²) in [4.78, 5) is 18.3. The fourth-order valence-electron chi connectivity index (χ4n) is 2.40. The SMILES string of the molecule is CCN(/C=C(/C#N)C(=O)Nc1ccc(OC)c(Cl)c1)CCc1ccncc1. The van der Waals surface area contributed by atoms with Crippen LogP contribution in [-0.4, -0.2) is 36.0 Å². The first-order valence-corrected chi connectivity index (χ1v) is 8.85. The molecule has 0 saturated carbocycles. The lowest BCUT2D eigenvalue weighted by Crippen LogP contribution is -2.23. The maximum absolute atomic E-state index is 12.4. The summed E-state index contributed by atoms with van der Waals surface area (Å²) in [6.45, 7) is 3.34. The summed E-state index contributed by atoms with van der Waals surface area (Å²) >= 11 is 6.06. The van der Waals surface area contributed by atoms with Crippen molar-refractivity contribution in [3.05, 3.63) is 65.1 Å². The van der Waals surface area contributed by atoms with Crippen molar-refractivity contribution in [1.29, 1.82) is 5.26 Å². The van der Waals surface area contributed by atoms with E-state index >= 15 is 0 Å². The van der Waals surface area contributed by atoms with Crippen molar-refractivity contribution >= 4 is 23.2 Å². The average molecular weight is 385 g/mol. The fourth-order valence-corrected chi connectivity index (χ4v) is 2.66. The molecule has 1 aromatic carbocycles. The van der Waals surface area contributed by atoms with Crippen LogP contribution in [0.4, 0.5) is 5.69 Å². The van der Waals surface area contributed by atoms with Crippen LogP contribution in [0, 0.1) is 11.3 Å². The van der Waals surface area contributed by atoms with Crippen LogP contribution in [0.25, 0.3) is 0 Å². The molecular formula is C20H21ClN4O2.